The molecule has 1 aromatic carbocycles. The third kappa shape index (κ3) is 4.32. The number of aromatic nitrogens is 3. The van der Waals surface area contributed by atoms with Crippen LogP contribution < -0.4 is 5.32 Å². The number of amides is 1. The van der Waals surface area contributed by atoms with Crippen molar-refractivity contribution >= 4 is 21.8 Å². The molecule has 134 valence electrons. The van der Waals surface area contributed by atoms with Crippen molar-refractivity contribution in [3.63, 3.8) is 0 Å². The van der Waals surface area contributed by atoms with Gasteiger partial charge in [-0.25, -0.2) is 4.68 Å². The van der Waals surface area contributed by atoms with E-state index in [1.54, 1.807) is 12.1 Å². The average molecular weight is 421 g/mol. The number of nitrogens with one attached hydrogen (secondary N) is 1. The predicted molar refractivity (Wildman–Crippen MR) is 96.9 cm³/mol. The van der Waals surface area contributed by atoms with Gasteiger partial charge in [-0.1, -0.05) is 34.1 Å². The summed E-state index contributed by atoms with van der Waals surface area (Å²) < 4.78 is 26.8. The zero-order valence-electron chi connectivity index (χ0n) is 13.6. The molecule has 0 saturated heterocycles. The summed E-state index contributed by atoms with van der Waals surface area (Å²) in [4.78, 5) is 16.3. The average Bonchev–Trinajstić information content (AvgIpc) is 3.14. The van der Waals surface area contributed by atoms with Gasteiger partial charge < -0.3 is 5.32 Å². The Morgan fingerprint density at radius 3 is 2.77 bits per heavy atom. The van der Waals surface area contributed by atoms with Gasteiger partial charge in [0.25, 0.3) is 5.91 Å². The molecular formula is C18H15BrF2N4O. The Kier molecular flexibility index (Phi) is 5.72. The second kappa shape index (κ2) is 8.18. The topological polar surface area (TPSA) is 59.8 Å². The number of alkyl halides is 2. The summed E-state index contributed by atoms with van der Waals surface area (Å²) in [6.07, 6.45) is 4.70. The lowest BCUT2D eigenvalue weighted by molar-refractivity contribution is 0.0566. The molecule has 2 heterocycles. The lowest BCUT2D eigenvalue weighted by atomic mass is 10.1. The molecule has 0 atom stereocenters. The minimum absolute atomic E-state index is 0.222. The molecule has 0 aliphatic heterocycles. The van der Waals surface area contributed by atoms with Gasteiger partial charge in [0.05, 0.1) is 6.20 Å². The van der Waals surface area contributed by atoms with Gasteiger partial charge in [-0.3, -0.25) is 9.78 Å². The SMILES string of the molecule is O=C(NCCc1ccccc1Br)c1cc(-c2cnn(C(F)F)c2)ccn1. The van der Waals surface area contributed by atoms with E-state index < -0.39 is 6.55 Å². The summed E-state index contributed by atoms with van der Waals surface area (Å²) in [6.45, 7) is -2.25. The van der Waals surface area contributed by atoms with Gasteiger partial charge in [0.1, 0.15) is 5.69 Å². The summed E-state index contributed by atoms with van der Waals surface area (Å²) in [7, 11) is 0. The number of hydrogen-bond acceptors (Lipinski definition) is 3. The number of nitrogens with zero attached hydrogens (tertiary/aromatic N) is 3. The number of carbonyl (C=O) groups excluding carboxylic acids is 1. The van der Waals surface area contributed by atoms with Crippen molar-refractivity contribution in [1.82, 2.24) is 20.1 Å². The van der Waals surface area contributed by atoms with Gasteiger partial charge in [-0.05, 0) is 35.7 Å². The van der Waals surface area contributed by atoms with Crippen LogP contribution in [0.1, 0.15) is 22.6 Å². The molecule has 1 amide bonds. The Labute approximate surface area is 157 Å². The maximum atomic E-state index is 12.6. The number of benzene rings is 1. The van der Waals surface area contributed by atoms with Gasteiger partial charge in [-0.15, -0.1) is 0 Å². The molecule has 8 heteroatoms. The highest BCUT2D eigenvalue weighted by Gasteiger charge is 2.12. The summed E-state index contributed by atoms with van der Waals surface area (Å²) in [5.41, 5.74) is 2.41. The van der Waals surface area contributed by atoms with Crippen molar-refractivity contribution in [3.05, 3.63) is 70.7 Å². The van der Waals surface area contributed by atoms with Gasteiger partial charge in [-0.2, -0.15) is 13.9 Å². The molecule has 26 heavy (non-hydrogen) atoms. The van der Waals surface area contributed by atoms with Crippen LogP contribution in [0.4, 0.5) is 8.78 Å². The molecule has 0 saturated carbocycles. The molecule has 2 aromatic heterocycles. The van der Waals surface area contributed by atoms with Crippen LogP contribution in [0.15, 0.2) is 59.5 Å². The number of halogens is 3. The molecule has 3 rings (SSSR count). The molecule has 0 aliphatic rings. The number of hydrogen-bond donors (Lipinski definition) is 1. The Bertz CT molecular complexity index is 913. The molecule has 1 N–H and O–H groups in total. The van der Waals surface area contributed by atoms with Gasteiger partial charge in [0.15, 0.2) is 0 Å². The molecule has 0 aliphatic carbocycles. The highest BCUT2D eigenvalue weighted by atomic mass is 79.9. The first-order chi connectivity index (χ1) is 12.5. The van der Waals surface area contributed by atoms with E-state index in [2.05, 4.69) is 31.3 Å². The lowest BCUT2D eigenvalue weighted by Gasteiger charge is -2.07. The van der Waals surface area contributed by atoms with Crippen LogP contribution >= 0.6 is 15.9 Å². The van der Waals surface area contributed by atoms with E-state index in [1.807, 2.05) is 24.3 Å². The van der Waals surface area contributed by atoms with Gasteiger partial charge >= 0.3 is 6.55 Å². The van der Waals surface area contributed by atoms with Gasteiger partial charge in [0, 0.05) is 29.0 Å². The van der Waals surface area contributed by atoms with Crippen LogP contribution in [0, 0.1) is 0 Å². The minimum Gasteiger partial charge on any atom is -0.350 e. The zero-order chi connectivity index (χ0) is 18.5. The van der Waals surface area contributed by atoms with Crippen LogP contribution in [0.3, 0.4) is 0 Å². The van der Waals surface area contributed by atoms with Crippen LogP contribution in [0.5, 0.6) is 0 Å². The second-order valence-electron chi connectivity index (χ2n) is 5.51. The summed E-state index contributed by atoms with van der Waals surface area (Å²) in [5, 5.41) is 6.41. The molecule has 3 aromatic rings. The largest absolute Gasteiger partial charge is 0.350 e. The molecular weight excluding hydrogens is 406 g/mol. The minimum atomic E-state index is -2.70. The lowest BCUT2D eigenvalue weighted by Crippen LogP contribution is -2.26. The van der Waals surface area contributed by atoms with Crippen LogP contribution in [0.2, 0.25) is 0 Å². The first-order valence-electron chi connectivity index (χ1n) is 7.85. The van der Waals surface area contributed by atoms with E-state index in [0.717, 1.165) is 10.0 Å². The standard InChI is InChI=1S/C18H15BrF2N4O/c19-15-4-2-1-3-12(15)5-8-23-17(26)16-9-13(6-7-22-16)14-10-24-25(11-14)18(20)21/h1-4,6-7,9-11,18H,5,8H2,(H,23,26). The quantitative estimate of drug-likeness (QED) is 0.653. The molecule has 0 bridgehead atoms. The molecule has 0 unspecified atom stereocenters. The predicted octanol–water partition coefficient (Wildman–Crippen LogP) is 4.08. The highest BCUT2D eigenvalue weighted by molar-refractivity contribution is 9.10. The van der Waals surface area contributed by atoms with Gasteiger partial charge in [0.2, 0.25) is 0 Å². The van der Waals surface area contributed by atoms with Crippen molar-refractivity contribution in [3.8, 4) is 11.1 Å². The van der Waals surface area contributed by atoms with Crippen molar-refractivity contribution in [2.24, 2.45) is 0 Å². The summed E-state index contributed by atoms with van der Waals surface area (Å²) in [5.74, 6) is -0.319. The van der Waals surface area contributed by atoms with Crippen LogP contribution in [-0.4, -0.2) is 27.2 Å². The Morgan fingerprint density at radius 1 is 1.23 bits per heavy atom. The monoisotopic (exact) mass is 420 g/mol. The van der Waals surface area contributed by atoms with Crippen LogP contribution in [0.25, 0.3) is 11.1 Å². The maximum absolute atomic E-state index is 12.6. The van der Waals surface area contributed by atoms with E-state index in [1.165, 1.54) is 18.6 Å². The Balaban J connectivity index is 1.65. The number of rotatable bonds is 6. The Hall–Kier alpha value is -2.61. The smallest absolute Gasteiger partial charge is 0.333 e. The molecule has 0 spiro atoms. The fourth-order valence-electron chi connectivity index (χ4n) is 2.43. The van der Waals surface area contributed by atoms with Crippen LogP contribution in [-0.2, 0) is 6.42 Å². The van der Waals surface area contributed by atoms with E-state index in [-0.39, 0.29) is 11.6 Å². The molecule has 0 fully saturated rings. The van der Waals surface area contributed by atoms with Crippen molar-refractivity contribution in [1.29, 1.82) is 0 Å². The number of carbonyl (C=O) groups is 1. The number of pyridine rings is 1. The summed E-state index contributed by atoms with van der Waals surface area (Å²) >= 11 is 3.47. The first kappa shape index (κ1) is 18.2. The fourth-order valence-corrected chi connectivity index (χ4v) is 2.91. The zero-order valence-corrected chi connectivity index (χ0v) is 15.2. The van der Waals surface area contributed by atoms with E-state index >= 15 is 0 Å². The highest BCUT2D eigenvalue weighted by Crippen LogP contribution is 2.21. The van der Waals surface area contributed by atoms with Crippen molar-refractivity contribution in [2.45, 2.75) is 13.0 Å². The molecule has 0 radical (unpaired) electrons. The first-order valence-corrected chi connectivity index (χ1v) is 8.64. The van der Waals surface area contributed by atoms with E-state index in [0.29, 0.717) is 28.8 Å². The Morgan fingerprint density at radius 2 is 2.04 bits per heavy atom. The van der Waals surface area contributed by atoms with Crippen molar-refractivity contribution in [2.75, 3.05) is 6.54 Å². The normalized spacial score (nSPS) is 10.9. The second-order valence-corrected chi connectivity index (χ2v) is 6.37. The fraction of sp³-hybridized carbons (Fsp3) is 0.167. The third-order valence-electron chi connectivity index (χ3n) is 3.77. The van der Waals surface area contributed by atoms with E-state index in [4.69, 9.17) is 0 Å². The van der Waals surface area contributed by atoms with Crippen molar-refractivity contribution < 1.29 is 13.6 Å². The molecule has 5 nitrogen and oxygen atoms in total. The summed E-state index contributed by atoms with van der Waals surface area (Å²) in [6, 6.07) is 11.0. The third-order valence-corrected chi connectivity index (χ3v) is 4.54. The maximum Gasteiger partial charge on any atom is 0.333 e. The van der Waals surface area contributed by atoms with E-state index in [9.17, 15) is 13.6 Å².